The molecule has 7 heteroatoms. The van der Waals surface area contributed by atoms with E-state index >= 15 is 0 Å². The summed E-state index contributed by atoms with van der Waals surface area (Å²) in [5.74, 6) is 0.342. The maximum atomic E-state index is 11.9. The minimum atomic E-state index is -3.48. The lowest BCUT2D eigenvalue weighted by Gasteiger charge is -2.07. The van der Waals surface area contributed by atoms with E-state index in [-0.39, 0.29) is 12.3 Å². The molecular weight excluding hydrogens is 309 g/mol. The molecular formula is C12H11Cl2NO3S. The quantitative estimate of drug-likeness (QED) is 0.920. The van der Waals surface area contributed by atoms with Gasteiger partial charge < -0.3 is 4.42 Å². The van der Waals surface area contributed by atoms with Crippen molar-refractivity contribution in [3.05, 3.63) is 58.0 Å². The summed E-state index contributed by atoms with van der Waals surface area (Å²) in [4.78, 5) is 0. The van der Waals surface area contributed by atoms with Crippen molar-refractivity contribution in [2.45, 2.75) is 12.3 Å². The zero-order valence-corrected chi connectivity index (χ0v) is 12.1. The smallest absolute Gasteiger partial charge is 0.216 e. The van der Waals surface area contributed by atoms with Crippen LogP contribution in [0.2, 0.25) is 10.0 Å². The van der Waals surface area contributed by atoms with Crippen LogP contribution in [-0.4, -0.2) is 8.42 Å². The topological polar surface area (TPSA) is 59.3 Å². The molecule has 2 rings (SSSR count). The van der Waals surface area contributed by atoms with Gasteiger partial charge in [0.05, 0.1) is 18.6 Å². The van der Waals surface area contributed by atoms with Crippen molar-refractivity contribution in [3.8, 4) is 0 Å². The zero-order chi connectivity index (χ0) is 13.9. The van der Waals surface area contributed by atoms with E-state index in [2.05, 4.69) is 4.72 Å². The normalized spacial score (nSPS) is 11.7. The second kappa shape index (κ2) is 5.96. The van der Waals surface area contributed by atoms with Gasteiger partial charge in [0.25, 0.3) is 0 Å². The molecule has 0 saturated heterocycles. The number of furan rings is 1. The molecule has 0 aliphatic rings. The van der Waals surface area contributed by atoms with E-state index in [1.807, 2.05) is 0 Å². The summed E-state index contributed by atoms with van der Waals surface area (Å²) in [6.45, 7) is 0.112. The van der Waals surface area contributed by atoms with E-state index in [0.29, 0.717) is 21.4 Å². The Labute approximate surface area is 121 Å². The molecule has 0 spiro atoms. The van der Waals surface area contributed by atoms with E-state index in [4.69, 9.17) is 27.6 Å². The third-order valence-electron chi connectivity index (χ3n) is 2.41. The van der Waals surface area contributed by atoms with Gasteiger partial charge in [0.1, 0.15) is 5.76 Å². The first-order valence-corrected chi connectivity index (χ1v) is 7.81. The lowest BCUT2D eigenvalue weighted by atomic mass is 10.2. The van der Waals surface area contributed by atoms with Crippen molar-refractivity contribution in [2.24, 2.45) is 0 Å². The molecule has 0 bridgehead atoms. The number of rotatable bonds is 5. The van der Waals surface area contributed by atoms with Crippen LogP contribution in [0.4, 0.5) is 0 Å². The maximum Gasteiger partial charge on any atom is 0.216 e. The van der Waals surface area contributed by atoms with Gasteiger partial charge in [-0.1, -0.05) is 29.3 Å². The second-order valence-corrected chi connectivity index (χ2v) is 6.55. The molecule has 102 valence electrons. The maximum absolute atomic E-state index is 11.9. The Morgan fingerprint density at radius 1 is 1.21 bits per heavy atom. The molecule has 1 aromatic heterocycles. The summed E-state index contributed by atoms with van der Waals surface area (Å²) in [5, 5.41) is 0.797. The van der Waals surface area contributed by atoms with Crippen LogP contribution in [-0.2, 0) is 22.3 Å². The number of benzene rings is 1. The predicted octanol–water partition coefficient (Wildman–Crippen LogP) is 3.21. The summed E-state index contributed by atoms with van der Waals surface area (Å²) in [5.41, 5.74) is 0.498. The molecule has 19 heavy (non-hydrogen) atoms. The molecule has 4 nitrogen and oxygen atoms in total. The van der Waals surface area contributed by atoms with Crippen LogP contribution in [0.3, 0.4) is 0 Å². The van der Waals surface area contributed by atoms with E-state index in [9.17, 15) is 8.42 Å². The van der Waals surface area contributed by atoms with Gasteiger partial charge in [-0.05, 0) is 29.8 Å². The summed E-state index contributed by atoms with van der Waals surface area (Å²) in [7, 11) is -3.48. The highest BCUT2D eigenvalue weighted by atomic mass is 35.5. The monoisotopic (exact) mass is 319 g/mol. The van der Waals surface area contributed by atoms with Crippen molar-refractivity contribution in [1.29, 1.82) is 0 Å². The van der Waals surface area contributed by atoms with Gasteiger partial charge in [0, 0.05) is 10.0 Å². The fourth-order valence-corrected chi connectivity index (χ4v) is 3.17. The Balaban J connectivity index is 2.04. The second-order valence-electron chi connectivity index (χ2n) is 3.90. The highest BCUT2D eigenvalue weighted by Crippen LogP contribution is 2.22. The van der Waals surface area contributed by atoms with Crippen LogP contribution in [0.25, 0.3) is 0 Å². The SMILES string of the molecule is O=S(=O)(Cc1ccc(Cl)cc1Cl)NCc1ccco1. The fourth-order valence-electron chi connectivity index (χ4n) is 1.49. The highest BCUT2D eigenvalue weighted by Gasteiger charge is 2.14. The summed E-state index contributed by atoms with van der Waals surface area (Å²) >= 11 is 11.7. The summed E-state index contributed by atoms with van der Waals surface area (Å²) in [6, 6.07) is 8.10. The first-order valence-electron chi connectivity index (χ1n) is 5.40. The molecule has 0 radical (unpaired) electrons. The summed E-state index contributed by atoms with van der Waals surface area (Å²) < 4.78 is 31.3. The van der Waals surface area contributed by atoms with E-state index in [1.54, 1.807) is 24.3 Å². The predicted molar refractivity (Wildman–Crippen MR) is 74.6 cm³/mol. The minimum absolute atomic E-state index is 0.112. The van der Waals surface area contributed by atoms with Crippen LogP contribution >= 0.6 is 23.2 Å². The lowest BCUT2D eigenvalue weighted by Crippen LogP contribution is -2.24. The third-order valence-corrected chi connectivity index (χ3v) is 4.27. The Kier molecular flexibility index (Phi) is 4.52. The average Bonchev–Trinajstić information content (AvgIpc) is 2.83. The van der Waals surface area contributed by atoms with Gasteiger partial charge in [-0.25, -0.2) is 13.1 Å². The Morgan fingerprint density at radius 2 is 2.00 bits per heavy atom. The molecule has 1 aromatic carbocycles. The molecule has 1 N–H and O–H groups in total. The van der Waals surface area contributed by atoms with Crippen LogP contribution in [0.5, 0.6) is 0 Å². The highest BCUT2D eigenvalue weighted by molar-refractivity contribution is 7.88. The number of sulfonamides is 1. The number of hydrogen-bond acceptors (Lipinski definition) is 3. The Morgan fingerprint density at radius 3 is 2.63 bits per heavy atom. The van der Waals surface area contributed by atoms with E-state index in [0.717, 1.165) is 0 Å². The molecule has 0 aliphatic carbocycles. The Bertz CT molecular complexity index is 654. The molecule has 0 aliphatic heterocycles. The lowest BCUT2D eigenvalue weighted by molar-refractivity contribution is 0.498. The standard InChI is InChI=1S/C12H11Cl2NO3S/c13-10-4-3-9(12(14)6-10)8-19(16,17)15-7-11-2-1-5-18-11/h1-6,15H,7-8H2. The fraction of sp³-hybridized carbons (Fsp3) is 0.167. The van der Waals surface area contributed by atoms with E-state index in [1.165, 1.54) is 12.3 Å². The zero-order valence-electron chi connectivity index (χ0n) is 9.77. The number of halogens is 2. The minimum Gasteiger partial charge on any atom is -0.468 e. The van der Waals surface area contributed by atoms with E-state index < -0.39 is 10.0 Å². The molecule has 1 heterocycles. The molecule has 2 aromatic rings. The summed E-state index contributed by atoms with van der Waals surface area (Å²) in [6.07, 6.45) is 1.49. The van der Waals surface area contributed by atoms with Crippen molar-refractivity contribution < 1.29 is 12.8 Å². The number of nitrogens with one attached hydrogen (secondary N) is 1. The van der Waals surface area contributed by atoms with Crippen molar-refractivity contribution >= 4 is 33.2 Å². The molecule has 0 saturated carbocycles. The van der Waals surface area contributed by atoms with Crippen molar-refractivity contribution in [3.63, 3.8) is 0 Å². The largest absolute Gasteiger partial charge is 0.468 e. The molecule has 0 fully saturated rings. The molecule has 0 amide bonds. The van der Waals surface area contributed by atoms with Gasteiger partial charge in [0.15, 0.2) is 0 Å². The molecule has 0 unspecified atom stereocenters. The van der Waals surface area contributed by atoms with Crippen LogP contribution < -0.4 is 4.72 Å². The van der Waals surface area contributed by atoms with Gasteiger partial charge in [0.2, 0.25) is 10.0 Å². The van der Waals surface area contributed by atoms with Gasteiger partial charge in [-0.3, -0.25) is 0 Å². The molecule has 0 atom stereocenters. The van der Waals surface area contributed by atoms with Crippen LogP contribution in [0.15, 0.2) is 41.0 Å². The Hall–Kier alpha value is -1.01. The van der Waals surface area contributed by atoms with Crippen LogP contribution in [0.1, 0.15) is 11.3 Å². The van der Waals surface area contributed by atoms with Gasteiger partial charge in [-0.2, -0.15) is 0 Å². The van der Waals surface area contributed by atoms with Gasteiger partial charge >= 0.3 is 0 Å². The van der Waals surface area contributed by atoms with Crippen molar-refractivity contribution in [1.82, 2.24) is 4.72 Å². The first kappa shape index (κ1) is 14.4. The average molecular weight is 320 g/mol. The van der Waals surface area contributed by atoms with Crippen LogP contribution in [0, 0.1) is 0 Å². The van der Waals surface area contributed by atoms with Crippen molar-refractivity contribution in [2.75, 3.05) is 0 Å². The van der Waals surface area contributed by atoms with Gasteiger partial charge in [-0.15, -0.1) is 0 Å². The first-order chi connectivity index (χ1) is 8.96. The number of hydrogen-bond donors (Lipinski definition) is 1. The third kappa shape index (κ3) is 4.24.